The Morgan fingerprint density at radius 3 is 2.48 bits per heavy atom. The van der Waals surface area contributed by atoms with Crippen LogP contribution in [0, 0.1) is 0 Å². The SMILES string of the molecule is COc1ccccc1COc1ccc(Nc2ncc3ccccc3n2)cc1OC. The first-order valence-corrected chi connectivity index (χ1v) is 9.18. The highest BCUT2D eigenvalue weighted by molar-refractivity contribution is 5.79. The van der Waals surface area contributed by atoms with E-state index < -0.39 is 0 Å². The Morgan fingerprint density at radius 1 is 0.828 bits per heavy atom. The molecule has 4 rings (SSSR count). The number of hydrogen-bond donors (Lipinski definition) is 1. The van der Waals surface area contributed by atoms with Gasteiger partial charge < -0.3 is 19.5 Å². The second-order valence-corrected chi connectivity index (χ2v) is 6.34. The van der Waals surface area contributed by atoms with Crippen molar-refractivity contribution in [1.82, 2.24) is 9.97 Å². The van der Waals surface area contributed by atoms with E-state index in [1.165, 1.54) is 0 Å². The zero-order chi connectivity index (χ0) is 20.1. The Bertz CT molecular complexity index is 1130. The van der Waals surface area contributed by atoms with Crippen LogP contribution in [0.2, 0.25) is 0 Å². The van der Waals surface area contributed by atoms with Gasteiger partial charge in [0.1, 0.15) is 12.4 Å². The molecule has 1 N–H and O–H groups in total. The van der Waals surface area contributed by atoms with Crippen molar-refractivity contribution in [2.75, 3.05) is 19.5 Å². The monoisotopic (exact) mass is 387 g/mol. The van der Waals surface area contributed by atoms with Gasteiger partial charge in [0.15, 0.2) is 11.5 Å². The molecule has 0 aliphatic carbocycles. The van der Waals surface area contributed by atoms with Crippen LogP contribution in [0.5, 0.6) is 17.2 Å². The lowest BCUT2D eigenvalue weighted by atomic mass is 10.2. The number of rotatable bonds is 7. The minimum absolute atomic E-state index is 0.376. The molecule has 29 heavy (non-hydrogen) atoms. The first-order chi connectivity index (χ1) is 14.3. The minimum Gasteiger partial charge on any atom is -0.496 e. The quantitative estimate of drug-likeness (QED) is 0.483. The fourth-order valence-electron chi connectivity index (χ4n) is 3.00. The zero-order valence-electron chi connectivity index (χ0n) is 16.3. The van der Waals surface area contributed by atoms with Crippen LogP contribution >= 0.6 is 0 Å². The lowest BCUT2D eigenvalue weighted by molar-refractivity contribution is 0.278. The molecule has 6 nitrogen and oxygen atoms in total. The van der Waals surface area contributed by atoms with Gasteiger partial charge in [0.25, 0.3) is 0 Å². The summed E-state index contributed by atoms with van der Waals surface area (Å²) in [6.07, 6.45) is 1.80. The van der Waals surface area contributed by atoms with E-state index in [0.717, 1.165) is 27.9 Å². The van der Waals surface area contributed by atoms with Crippen LogP contribution < -0.4 is 19.5 Å². The molecule has 0 bridgehead atoms. The molecule has 0 unspecified atom stereocenters. The molecule has 0 fully saturated rings. The van der Waals surface area contributed by atoms with Crippen molar-refractivity contribution < 1.29 is 14.2 Å². The molecule has 4 aromatic rings. The number of aromatic nitrogens is 2. The van der Waals surface area contributed by atoms with Crippen molar-refractivity contribution >= 4 is 22.5 Å². The van der Waals surface area contributed by atoms with E-state index in [0.29, 0.717) is 24.1 Å². The molecule has 0 saturated heterocycles. The van der Waals surface area contributed by atoms with E-state index in [-0.39, 0.29) is 0 Å². The summed E-state index contributed by atoms with van der Waals surface area (Å²) in [5.41, 5.74) is 2.65. The van der Waals surface area contributed by atoms with Gasteiger partial charge in [-0.1, -0.05) is 36.4 Å². The minimum atomic E-state index is 0.376. The third-order valence-electron chi connectivity index (χ3n) is 4.48. The number of para-hydroxylation sites is 2. The summed E-state index contributed by atoms with van der Waals surface area (Å²) in [5, 5.41) is 4.21. The molecular formula is C23H21N3O3. The summed E-state index contributed by atoms with van der Waals surface area (Å²) in [4.78, 5) is 8.90. The first-order valence-electron chi connectivity index (χ1n) is 9.18. The van der Waals surface area contributed by atoms with Crippen LogP contribution in [-0.2, 0) is 6.61 Å². The molecule has 3 aromatic carbocycles. The fourth-order valence-corrected chi connectivity index (χ4v) is 3.00. The van der Waals surface area contributed by atoms with Gasteiger partial charge in [0.05, 0.1) is 19.7 Å². The Morgan fingerprint density at radius 2 is 1.62 bits per heavy atom. The van der Waals surface area contributed by atoms with Crippen LogP contribution in [0.15, 0.2) is 72.9 Å². The molecule has 1 heterocycles. The standard InChI is InChI=1S/C23H21N3O3/c1-27-20-10-6-4-8-17(20)15-29-21-12-11-18(13-22(21)28-2)25-23-24-14-16-7-3-5-9-19(16)26-23/h3-14H,15H2,1-2H3,(H,24,25,26). The van der Waals surface area contributed by atoms with E-state index in [1.807, 2.05) is 66.7 Å². The molecular weight excluding hydrogens is 366 g/mol. The summed E-state index contributed by atoms with van der Waals surface area (Å²) < 4.78 is 16.8. The van der Waals surface area contributed by atoms with E-state index in [9.17, 15) is 0 Å². The van der Waals surface area contributed by atoms with E-state index in [2.05, 4.69) is 15.3 Å². The average molecular weight is 387 g/mol. The second-order valence-electron chi connectivity index (χ2n) is 6.34. The zero-order valence-corrected chi connectivity index (χ0v) is 16.3. The maximum Gasteiger partial charge on any atom is 0.227 e. The summed E-state index contributed by atoms with van der Waals surface area (Å²) in [6.45, 7) is 0.376. The molecule has 0 atom stereocenters. The third-order valence-corrected chi connectivity index (χ3v) is 4.48. The Kier molecular flexibility index (Phi) is 5.42. The van der Waals surface area contributed by atoms with Gasteiger partial charge in [0, 0.05) is 28.9 Å². The number of nitrogens with one attached hydrogen (secondary N) is 1. The average Bonchev–Trinajstić information content (AvgIpc) is 2.78. The van der Waals surface area contributed by atoms with Gasteiger partial charge in [-0.2, -0.15) is 0 Å². The van der Waals surface area contributed by atoms with Crippen LogP contribution in [0.3, 0.4) is 0 Å². The molecule has 0 saturated carbocycles. The highest BCUT2D eigenvalue weighted by Crippen LogP contribution is 2.32. The van der Waals surface area contributed by atoms with E-state index in [1.54, 1.807) is 20.4 Å². The maximum absolute atomic E-state index is 5.96. The van der Waals surface area contributed by atoms with Crippen molar-refractivity contribution in [3.05, 3.63) is 78.5 Å². The van der Waals surface area contributed by atoms with Gasteiger partial charge >= 0.3 is 0 Å². The largest absolute Gasteiger partial charge is 0.496 e. The summed E-state index contributed by atoms with van der Waals surface area (Å²) in [5.74, 6) is 2.57. The molecule has 6 heteroatoms. The molecule has 0 radical (unpaired) electrons. The Balaban J connectivity index is 1.51. The molecule has 146 valence electrons. The van der Waals surface area contributed by atoms with Crippen LogP contribution in [0.25, 0.3) is 10.9 Å². The van der Waals surface area contributed by atoms with Gasteiger partial charge in [-0.15, -0.1) is 0 Å². The van der Waals surface area contributed by atoms with Gasteiger partial charge in [-0.3, -0.25) is 0 Å². The number of anilines is 2. The van der Waals surface area contributed by atoms with Crippen molar-refractivity contribution in [3.63, 3.8) is 0 Å². The Labute approximate surface area is 169 Å². The molecule has 0 aliphatic heterocycles. The summed E-state index contributed by atoms with van der Waals surface area (Å²) in [6, 6.07) is 21.2. The summed E-state index contributed by atoms with van der Waals surface area (Å²) in [7, 11) is 3.26. The number of fused-ring (bicyclic) bond motifs is 1. The molecule has 0 aliphatic rings. The van der Waals surface area contributed by atoms with Crippen molar-refractivity contribution in [2.45, 2.75) is 6.61 Å². The van der Waals surface area contributed by atoms with E-state index >= 15 is 0 Å². The van der Waals surface area contributed by atoms with Crippen LogP contribution in [0.1, 0.15) is 5.56 Å². The van der Waals surface area contributed by atoms with Crippen LogP contribution in [0.4, 0.5) is 11.6 Å². The number of ether oxygens (including phenoxy) is 3. The third kappa shape index (κ3) is 4.21. The number of benzene rings is 3. The molecule has 1 aromatic heterocycles. The Hall–Kier alpha value is -3.80. The number of hydrogen-bond acceptors (Lipinski definition) is 6. The number of nitrogens with zero attached hydrogens (tertiary/aromatic N) is 2. The van der Waals surface area contributed by atoms with Gasteiger partial charge in [-0.25, -0.2) is 9.97 Å². The maximum atomic E-state index is 5.96. The molecule has 0 amide bonds. The topological polar surface area (TPSA) is 65.5 Å². The number of methoxy groups -OCH3 is 2. The smallest absolute Gasteiger partial charge is 0.227 e. The fraction of sp³-hybridized carbons (Fsp3) is 0.130. The van der Waals surface area contributed by atoms with E-state index in [4.69, 9.17) is 14.2 Å². The lowest BCUT2D eigenvalue weighted by Crippen LogP contribution is -2.01. The highest BCUT2D eigenvalue weighted by Gasteiger charge is 2.09. The van der Waals surface area contributed by atoms with Crippen molar-refractivity contribution in [2.24, 2.45) is 0 Å². The van der Waals surface area contributed by atoms with Crippen LogP contribution in [-0.4, -0.2) is 24.2 Å². The lowest BCUT2D eigenvalue weighted by Gasteiger charge is -2.14. The highest BCUT2D eigenvalue weighted by atomic mass is 16.5. The molecule has 0 spiro atoms. The van der Waals surface area contributed by atoms with Gasteiger partial charge in [-0.05, 0) is 24.3 Å². The first kappa shape index (κ1) is 18.6. The normalized spacial score (nSPS) is 10.6. The summed E-state index contributed by atoms with van der Waals surface area (Å²) >= 11 is 0. The second kappa shape index (κ2) is 8.48. The predicted molar refractivity (Wildman–Crippen MR) is 113 cm³/mol. The predicted octanol–water partition coefficient (Wildman–Crippen LogP) is 4.97. The van der Waals surface area contributed by atoms with Crippen molar-refractivity contribution in [3.8, 4) is 17.2 Å². The van der Waals surface area contributed by atoms with Crippen molar-refractivity contribution in [1.29, 1.82) is 0 Å². The van der Waals surface area contributed by atoms with Gasteiger partial charge in [0.2, 0.25) is 5.95 Å².